The standard InChI is InChI=1S/C13H26N2O/c1-6-7-9(14)11(16)15-8-10-12(2,3)13(10,4)5/h9-10H,6-8,14H2,1-5H3,(H,15,16)/t9-/m0/s1. The molecule has 16 heavy (non-hydrogen) atoms. The van der Waals surface area contributed by atoms with Gasteiger partial charge >= 0.3 is 0 Å². The monoisotopic (exact) mass is 226 g/mol. The van der Waals surface area contributed by atoms with E-state index in [1.165, 1.54) is 0 Å². The summed E-state index contributed by atoms with van der Waals surface area (Å²) in [4.78, 5) is 11.7. The summed E-state index contributed by atoms with van der Waals surface area (Å²) >= 11 is 0. The van der Waals surface area contributed by atoms with Gasteiger partial charge in [0.05, 0.1) is 6.04 Å². The summed E-state index contributed by atoms with van der Waals surface area (Å²) in [7, 11) is 0. The van der Waals surface area contributed by atoms with E-state index in [9.17, 15) is 4.79 Å². The fourth-order valence-electron chi connectivity index (χ4n) is 2.62. The summed E-state index contributed by atoms with van der Waals surface area (Å²) < 4.78 is 0. The minimum Gasteiger partial charge on any atom is -0.354 e. The van der Waals surface area contributed by atoms with Crippen molar-refractivity contribution in [3.8, 4) is 0 Å². The smallest absolute Gasteiger partial charge is 0.236 e. The van der Waals surface area contributed by atoms with Crippen LogP contribution in [0.2, 0.25) is 0 Å². The molecule has 0 saturated heterocycles. The molecule has 1 saturated carbocycles. The molecule has 3 N–H and O–H groups in total. The van der Waals surface area contributed by atoms with Gasteiger partial charge < -0.3 is 11.1 Å². The molecule has 0 heterocycles. The molecule has 0 spiro atoms. The summed E-state index contributed by atoms with van der Waals surface area (Å²) in [6.07, 6.45) is 1.72. The summed E-state index contributed by atoms with van der Waals surface area (Å²) in [5.41, 5.74) is 6.41. The largest absolute Gasteiger partial charge is 0.354 e. The Balaban J connectivity index is 2.35. The molecular formula is C13H26N2O. The lowest BCUT2D eigenvalue weighted by molar-refractivity contribution is -0.122. The zero-order valence-electron chi connectivity index (χ0n) is 11.3. The first-order valence-corrected chi connectivity index (χ1v) is 6.28. The fraction of sp³-hybridized carbons (Fsp3) is 0.923. The average Bonchev–Trinajstić information content (AvgIpc) is 2.55. The molecule has 3 heteroatoms. The molecule has 94 valence electrons. The van der Waals surface area contributed by atoms with Crippen LogP contribution in [-0.2, 0) is 4.79 Å². The van der Waals surface area contributed by atoms with Gasteiger partial charge in [-0.3, -0.25) is 4.79 Å². The predicted octanol–water partition coefficient (Wildman–Crippen LogP) is 1.91. The Labute approximate surface area is 99.2 Å². The van der Waals surface area contributed by atoms with E-state index in [4.69, 9.17) is 5.73 Å². The van der Waals surface area contributed by atoms with Gasteiger partial charge in [0.25, 0.3) is 0 Å². The number of rotatable bonds is 5. The molecule has 3 nitrogen and oxygen atoms in total. The van der Waals surface area contributed by atoms with Crippen LogP contribution in [0.3, 0.4) is 0 Å². The number of nitrogens with two attached hydrogens (primary N) is 1. The van der Waals surface area contributed by atoms with Crippen molar-refractivity contribution in [1.82, 2.24) is 5.32 Å². The number of hydrogen-bond donors (Lipinski definition) is 2. The van der Waals surface area contributed by atoms with E-state index in [-0.39, 0.29) is 11.9 Å². The quantitative estimate of drug-likeness (QED) is 0.752. The molecule has 0 bridgehead atoms. The summed E-state index contributed by atoms with van der Waals surface area (Å²) in [6.45, 7) is 11.8. The number of carbonyl (C=O) groups excluding carboxylic acids is 1. The van der Waals surface area contributed by atoms with E-state index >= 15 is 0 Å². The molecule has 0 aromatic carbocycles. The normalized spacial score (nSPS) is 23.9. The first-order valence-electron chi connectivity index (χ1n) is 6.28. The number of carbonyl (C=O) groups is 1. The van der Waals surface area contributed by atoms with Crippen LogP contribution in [0.1, 0.15) is 47.5 Å². The lowest BCUT2D eigenvalue weighted by atomic mass is 10.0. The van der Waals surface area contributed by atoms with Crippen LogP contribution in [0.5, 0.6) is 0 Å². The van der Waals surface area contributed by atoms with Crippen molar-refractivity contribution in [2.24, 2.45) is 22.5 Å². The average molecular weight is 226 g/mol. The highest BCUT2D eigenvalue weighted by molar-refractivity contribution is 5.81. The minimum absolute atomic E-state index is 0.000324. The predicted molar refractivity (Wildman–Crippen MR) is 66.9 cm³/mol. The van der Waals surface area contributed by atoms with Crippen LogP contribution >= 0.6 is 0 Å². The third-order valence-electron chi connectivity index (χ3n) is 4.74. The van der Waals surface area contributed by atoms with Crippen molar-refractivity contribution in [2.45, 2.75) is 53.5 Å². The second-order valence-corrected chi connectivity index (χ2v) is 6.14. The molecule has 1 aliphatic rings. The first kappa shape index (κ1) is 13.5. The Morgan fingerprint density at radius 1 is 1.31 bits per heavy atom. The molecule has 1 atom stereocenters. The molecule has 0 unspecified atom stereocenters. The summed E-state index contributed by atoms with van der Waals surface area (Å²) in [5.74, 6) is 0.568. The molecule has 1 fully saturated rings. The van der Waals surface area contributed by atoms with Gasteiger partial charge in [0.2, 0.25) is 5.91 Å². The number of nitrogens with one attached hydrogen (secondary N) is 1. The number of amides is 1. The van der Waals surface area contributed by atoms with Crippen molar-refractivity contribution < 1.29 is 4.79 Å². The molecule has 1 rings (SSSR count). The van der Waals surface area contributed by atoms with Crippen molar-refractivity contribution >= 4 is 5.91 Å². The van der Waals surface area contributed by atoms with Crippen LogP contribution in [0.25, 0.3) is 0 Å². The van der Waals surface area contributed by atoms with Crippen LogP contribution in [0.15, 0.2) is 0 Å². The first-order chi connectivity index (χ1) is 7.25. The zero-order valence-corrected chi connectivity index (χ0v) is 11.3. The van der Waals surface area contributed by atoms with Gasteiger partial charge in [-0.05, 0) is 23.2 Å². The molecule has 0 aromatic heterocycles. The Hall–Kier alpha value is -0.570. The molecular weight excluding hydrogens is 200 g/mol. The Morgan fingerprint density at radius 3 is 2.19 bits per heavy atom. The van der Waals surface area contributed by atoms with E-state index in [0.29, 0.717) is 16.7 Å². The molecule has 0 aromatic rings. The minimum atomic E-state index is -0.338. The third-order valence-corrected chi connectivity index (χ3v) is 4.74. The van der Waals surface area contributed by atoms with Crippen LogP contribution in [-0.4, -0.2) is 18.5 Å². The summed E-state index contributed by atoms with van der Waals surface area (Å²) in [5, 5.41) is 2.98. The van der Waals surface area contributed by atoms with Gasteiger partial charge in [0.15, 0.2) is 0 Å². The Bertz CT molecular complexity index is 257. The van der Waals surface area contributed by atoms with Gasteiger partial charge in [0.1, 0.15) is 0 Å². The molecule has 1 aliphatic carbocycles. The fourth-order valence-corrected chi connectivity index (χ4v) is 2.62. The zero-order chi connectivity index (χ0) is 12.6. The van der Waals surface area contributed by atoms with Crippen LogP contribution in [0, 0.1) is 16.7 Å². The van der Waals surface area contributed by atoms with E-state index in [1.54, 1.807) is 0 Å². The second kappa shape index (κ2) is 4.36. The summed E-state index contributed by atoms with van der Waals surface area (Å²) in [6, 6.07) is -0.338. The van der Waals surface area contributed by atoms with Gasteiger partial charge in [-0.2, -0.15) is 0 Å². The maximum atomic E-state index is 11.7. The van der Waals surface area contributed by atoms with Gasteiger partial charge in [-0.15, -0.1) is 0 Å². The van der Waals surface area contributed by atoms with Crippen LogP contribution < -0.4 is 11.1 Å². The maximum Gasteiger partial charge on any atom is 0.236 e. The molecule has 0 aliphatic heterocycles. The maximum absolute atomic E-state index is 11.7. The van der Waals surface area contributed by atoms with Crippen molar-refractivity contribution in [1.29, 1.82) is 0 Å². The topological polar surface area (TPSA) is 55.1 Å². The Kier molecular flexibility index (Phi) is 3.68. The van der Waals surface area contributed by atoms with E-state index in [1.807, 2.05) is 6.92 Å². The third kappa shape index (κ3) is 2.24. The molecule has 1 amide bonds. The van der Waals surface area contributed by atoms with Crippen molar-refractivity contribution in [2.75, 3.05) is 6.54 Å². The van der Waals surface area contributed by atoms with Gasteiger partial charge in [-0.25, -0.2) is 0 Å². The van der Waals surface area contributed by atoms with Crippen LogP contribution in [0.4, 0.5) is 0 Å². The lowest BCUT2D eigenvalue weighted by Crippen LogP contribution is -2.41. The lowest BCUT2D eigenvalue weighted by Gasteiger charge is -2.11. The number of hydrogen-bond acceptors (Lipinski definition) is 2. The Morgan fingerprint density at radius 2 is 1.81 bits per heavy atom. The SMILES string of the molecule is CCC[C@H](N)C(=O)NCC1C(C)(C)C1(C)C. The highest BCUT2D eigenvalue weighted by Crippen LogP contribution is 2.67. The van der Waals surface area contributed by atoms with E-state index in [2.05, 4.69) is 33.0 Å². The highest BCUT2D eigenvalue weighted by atomic mass is 16.2. The van der Waals surface area contributed by atoms with Gasteiger partial charge in [0, 0.05) is 6.54 Å². The van der Waals surface area contributed by atoms with E-state index < -0.39 is 0 Å². The van der Waals surface area contributed by atoms with Crippen molar-refractivity contribution in [3.05, 3.63) is 0 Å². The van der Waals surface area contributed by atoms with Crippen molar-refractivity contribution in [3.63, 3.8) is 0 Å². The molecule has 0 radical (unpaired) electrons. The second-order valence-electron chi connectivity index (χ2n) is 6.14. The van der Waals surface area contributed by atoms with E-state index in [0.717, 1.165) is 19.4 Å². The highest BCUT2D eigenvalue weighted by Gasteiger charge is 2.64. The van der Waals surface area contributed by atoms with Gasteiger partial charge in [-0.1, -0.05) is 41.0 Å².